The maximum Gasteiger partial charge on any atom is 0.337 e. The van der Waals surface area contributed by atoms with E-state index in [9.17, 15) is 18.0 Å². The number of hydrogen-bond donors (Lipinski definition) is 1. The van der Waals surface area contributed by atoms with Crippen LogP contribution in [-0.2, 0) is 19.4 Å². The number of nitrogens with one attached hydrogen (secondary N) is 1. The van der Waals surface area contributed by atoms with Gasteiger partial charge in [0.05, 0.1) is 18.4 Å². The number of esters is 1. The van der Waals surface area contributed by atoms with Gasteiger partial charge in [-0.3, -0.25) is 4.79 Å². The number of methoxy groups -OCH3 is 1. The SMILES string of the molecule is COC(=O)c1ccc(NC(=O)C2CCCCS2(=O)=O)cc1. The lowest BCUT2D eigenvalue weighted by Crippen LogP contribution is -2.39. The standard InChI is InChI=1S/C14H17NO5S/c1-20-14(17)10-5-7-11(8-6-10)15-13(16)12-4-2-3-9-21(12,18)19/h5-8,12H,2-4,9H2,1H3,(H,15,16). The van der Waals surface area contributed by atoms with E-state index < -0.39 is 27.0 Å². The number of benzene rings is 1. The second-order valence-electron chi connectivity index (χ2n) is 4.91. The number of hydrogen-bond acceptors (Lipinski definition) is 5. The first-order valence-electron chi connectivity index (χ1n) is 6.65. The molecule has 0 radical (unpaired) electrons. The molecular weight excluding hydrogens is 294 g/mol. The van der Waals surface area contributed by atoms with Crippen molar-refractivity contribution >= 4 is 27.4 Å². The highest BCUT2D eigenvalue weighted by atomic mass is 32.2. The molecule has 1 N–H and O–H groups in total. The summed E-state index contributed by atoms with van der Waals surface area (Å²) in [5.74, 6) is -0.921. The fourth-order valence-corrected chi connectivity index (χ4v) is 4.08. The van der Waals surface area contributed by atoms with Gasteiger partial charge < -0.3 is 10.1 Å². The van der Waals surface area contributed by atoms with Crippen molar-refractivity contribution in [1.29, 1.82) is 0 Å². The Labute approximate surface area is 123 Å². The molecule has 0 saturated carbocycles. The molecule has 114 valence electrons. The Morgan fingerprint density at radius 1 is 1.19 bits per heavy atom. The maximum absolute atomic E-state index is 12.1. The molecule has 2 rings (SSSR count). The van der Waals surface area contributed by atoms with Crippen LogP contribution >= 0.6 is 0 Å². The summed E-state index contributed by atoms with van der Waals surface area (Å²) in [6.45, 7) is 0. The predicted octanol–water partition coefficient (Wildman–Crippen LogP) is 1.38. The van der Waals surface area contributed by atoms with Gasteiger partial charge in [-0.25, -0.2) is 13.2 Å². The molecule has 0 spiro atoms. The average molecular weight is 311 g/mol. The summed E-state index contributed by atoms with van der Waals surface area (Å²) in [5, 5.41) is 1.60. The monoisotopic (exact) mass is 311 g/mol. The summed E-state index contributed by atoms with van der Waals surface area (Å²) < 4.78 is 28.3. The van der Waals surface area contributed by atoms with Crippen LogP contribution in [0.2, 0.25) is 0 Å². The number of ether oxygens (including phenoxy) is 1. The number of amides is 1. The number of carbonyl (C=O) groups excluding carboxylic acids is 2. The summed E-state index contributed by atoms with van der Waals surface area (Å²) in [7, 11) is -2.07. The van der Waals surface area contributed by atoms with Crippen LogP contribution in [0.15, 0.2) is 24.3 Å². The van der Waals surface area contributed by atoms with Crippen LogP contribution in [0.4, 0.5) is 5.69 Å². The van der Waals surface area contributed by atoms with E-state index in [1.165, 1.54) is 19.2 Å². The molecule has 6 nitrogen and oxygen atoms in total. The minimum Gasteiger partial charge on any atom is -0.465 e. The summed E-state index contributed by atoms with van der Waals surface area (Å²) in [6.07, 6.45) is 1.70. The molecule has 1 aliphatic heterocycles. The van der Waals surface area contributed by atoms with Gasteiger partial charge in [-0.15, -0.1) is 0 Å². The van der Waals surface area contributed by atoms with Gasteiger partial charge in [0, 0.05) is 5.69 Å². The molecule has 0 bridgehead atoms. The molecule has 1 atom stereocenters. The van der Waals surface area contributed by atoms with E-state index >= 15 is 0 Å². The van der Waals surface area contributed by atoms with Crippen LogP contribution in [0, 0.1) is 0 Å². The minimum absolute atomic E-state index is 0.0619. The van der Waals surface area contributed by atoms with Crippen molar-refractivity contribution in [2.75, 3.05) is 18.2 Å². The molecule has 1 aliphatic rings. The van der Waals surface area contributed by atoms with E-state index in [0.717, 1.165) is 6.42 Å². The molecule has 1 unspecified atom stereocenters. The summed E-state index contributed by atoms with van der Waals surface area (Å²) >= 11 is 0. The van der Waals surface area contributed by atoms with Gasteiger partial charge in [-0.05, 0) is 37.1 Å². The highest BCUT2D eigenvalue weighted by Crippen LogP contribution is 2.21. The maximum atomic E-state index is 12.1. The Morgan fingerprint density at radius 3 is 2.43 bits per heavy atom. The normalized spacial score (nSPS) is 20.5. The average Bonchev–Trinajstić information content (AvgIpc) is 2.46. The van der Waals surface area contributed by atoms with Gasteiger partial charge in [0.15, 0.2) is 9.84 Å². The third-order valence-electron chi connectivity index (χ3n) is 3.44. The first-order chi connectivity index (χ1) is 9.94. The van der Waals surface area contributed by atoms with Crippen LogP contribution in [0.25, 0.3) is 0 Å². The summed E-state index contributed by atoms with van der Waals surface area (Å²) in [6, 6.07) is 6.10. The zero-order valence-electron chi connectivity index (χ0n) is 11.7. The molecule has 21 heavy (non-hydrogen) atoms. The summed E-state index contributed by atoms with van der Waals surface area (Å²) in [4.78, 5) is 23.4. The van der Waals surface area contributed by atoms with Gasteiger partial charge >= 0.3 is 5.97 Å². The van der Waals surface area contributed by atoms with E-state index in [4.69, 9.17) is 0 Å². The van der Waals surface area contributed by atoms with E-state index in [0.29, 0.717) is 24.1 Å². The first-order valence-corrected chi connectivity index (χ1v) is 8.36. The fourth-order valence-electron chi connectivity index (χ4n) is 2.28. The highest BCUT2D eigenvalue weighted by Gasteiger charge is 2.34. The van der Waals surface area contributed by atoms with Crippen molar-refractivity contribution in [3.63, 3.8) is 0 Å². The third-order valence-corrected chi connectivity index (χ3v) is 5.62. The Morgan fingerprint density at radius 2 is 1.86 bits per heavy atom. The topological polar surface area (TPSA) is 89.5 Å². The van der Waals surface area contributed by atoms with Gasteiger partial charge in [-0.2, -0.15) is 0 Å². The van der Waals surface area contributed by atoms with Gasteiger partial charge in [0.1, 0.15) is 5.25 Å². The van der Waals surface area contributed by atoms with Gasteiger partial charge in [0.2, 0.25) is 5.91 Å². The Kier molecular flexibility index (Phi) is 4.62. The van der Waals surface area contributed by atoms with Crippen LogP contribution in [-0.4, -0.2) is 38.4 Å². The van der Waals surface area contributed by atoms with Crippen molar-refractivity contribution in [3.8, 4) is 0 Å². The molecule has 1 amide bonds. The lowest BCUT2D eigenvalue weighted by molar-refractivity contribution is -0.116. The largest absolute Gasteiger partial charge is 0.465 e. The molecule has 7 heteroatoms. The first kappa shape index (κ1) is 15.5. The highest BCUT2D eigenvalue weighted by molar-refractivity contribution is 7.92. The number of rotatable bonds is 3. The minimum atomic E-state index is -3.35. The number of carbonyl (C=O) groups is 2. The number of sulfone groups is 1. The quantitative estimate of drug-likeness (QED) is 0.852. The van der Waals surface area contributed by atoms with E-state index in [1.807, 2.05) is 0 Å². The molecule has 1 heterocycles. The molecule has 1 aromatic rings. The van der Waals surface area contributed by atoms with E-state index in [2.05, 4.69) is 10.1 Å². The van der Waals surface area contributed by atoms with Crippen LogP contribution in [0.5, 0.6) is 0 Å². The molecule has 1 aromatic carbocycles. The molecule has 1 fully saturated rings. The second kappa shape index (κ2) is 6.26. The molecular formula is C14H17NO5S. The molecule has 0 aromatic heterocycles. The Balaban J connectivity index is 2.07. The van der Waals surface area contributed by atoms with Gasteiger partial charge in [-0.1, -0.05) is 6.42 Å². The molecule has 0 aliphatic carbocycles. The fraction of sp³-hybridized carbons (Fsp3) is 0.429. The third kappa shape index (κ3) is 3.60. The van der Waals surface area contributed by atoms with Crippen molar-refractivity contribution in [3.05, 3.63) is 29.8 Å². The smallest absolute Gasteiger partial charge is 0.337 e. The van der Waals surface area contributed by atoms with Gasteiger partial charge in [0.25, 0.3) is 0 Å². The van der Waals surface area contributed by atoms with Crippen molar-refractivity contribution < 1.29 is 22.7 Å². The Hall–Kier alpha value is -1.89. The van der Waals surface area contributed by atoms with E-state index in [1.54, 1.807) is 12.1 Å². The van der Waals surface area contributed by atoms with Crippen molar-refractivity contribution in [2.24, 2.45) is 0 Å². The van der Waals surface area contributed by atoms with Crippen molar-refractivity contribution in [2.45, 2.75) is 24.5 Å². The predicted molar refractivity (Wildman–Crippen MR) is 77.8 cm³/mol. The van der Waals surface area contributed by atoms with E-state index in [-0.39, 0.29) is 5.75 Å². The van der Waals surface area contributed by atoms with Crippen LogP contribution < -0.4 is 5.32 Å². The lowest BCUT2D eigenvalue weighted by Gasteiger charge is -2.21. The van der Waals surface area contributed by atoms with Crippen LogP contribution in [0.3, 0.4) is 0 Å². The summed E-state index contributed by atoms with van der Waals surface area (Å²) in [5.41, 5.74) is 0.814. The molecule has 1 saturated heterocycles. The Bertz CT molecular complexity index is 636. The second-order valence-corrected chi connectivity index (χ2v) is 7.21. The lowest BCUT2D eigenvalue weighted by atomic mass is 10.1. The van der Waals surface area contributed by atoms with Crippen molar-refractivity contribution in [1.82, 2.24) is 0 Å². The zero-order chi connectivity index (χ0) is 15.5. The van der Waals surface area contributed by atoms with Crippen LogP contribution in [0.1, 0.15) is 29.6 Å². The zero-order valence-corrected chi connectivity index (χ0v) is 12.5. The number of anilines is 1.